The predicted molar refractivity (Wildman–Crippen MR) is 118 cm³/mol. The third-order valence-electron chi connectivity index (χ3n) is 7.79. The topological polar surface area (TPSA) is 112 Å². The van der Waals surface area contributed by atoms with Gasteiger partial charge in [0.15, 0.2) is 0 Å². The lowest BCUT2D eigenvalue weighted by Gasteiger charge is -2.56. The molecule has 6 atom stereocenters. The van der Waals surface area contributed by atoms with Gasteiger partial charge in [0.1, 0.15) is 12.8 Å². The van der Waals surface area contributed by atoms with Gasteiger partial charge in [-0.05, 0) is 51.9 Å². The van der Waals surface area contributed by atoms with Gasteiger partial charge in [0.05, 0.1) is 29.2 Å². The molecule has 1 aliphatic heterocycles. The van der Waals surface area contributed by atoms with Gasteiger partial charge in [-0.25, -0.2) is 4.39 Å². The van der Waals surface area contributed by atoms with E-state index in [0.717, 1.165) is 6.54 Å². The molecule has 32 heavy (non-hydrogen) atoms. The van der Waals surface area contributed by atoms with Gasteiger partial charge in [-0.1, -0.05) is 0 Å². The number of alkyl halides is 2. The zero-order valence-corrected chi connectivity index (χ0v) is 19.4. The molecule has 1 saturated heterocycles. The second-order valence-electron chi connectivity index (χ2n) is 10.3. The van der Waals surface area contributed by atoms with Crippen LogP contribution in [0.25, 0.3) is 0 Å². The Morgan fingerprint density at radius 2 is 1.94 bits per heavy atom. The van der Waals surface area contributed by atoms with E-state index in [1.807, 2.05) is 6.92 Å². The van der Waals surface area contributed by atoms with Gasteiger partial charge in [0.2, 0.25) is 11.8 Å². The summed E-state index contributed by atoms with van der Waals surface area (Å²) < 4.78 is 19.4. The lowest BCUT2D eigenvalue weighted by atomic mass is 9.59. The molecule has 2 amide bonds. The number of carbonyl (C=O) groups is 2. The van der Waals surface area contributed by atoms with E-state index >= 15 is 0 Å². The molecule has 5 N–H and O–H groups in total. The number of aliphatic hydroxyl groups excluding tert-OH is 1. The Morgan fingerprint density at radius 1 is 1.19 bits per heavy atom. The van der Waals surface area contributed by atoms with Crippen molar-refractivity contribution in [3.63, 3.8) is 0 Å². The highest BCUT2D eigenvalue weighted by atomic mass is 35.5. The fourth-order valence-corrected chi connectivity index (χ4v) is 6.02. The first-order valence-electron chi connectivity index (χ1n) is 11.9. The van der Waals surface area contributed by atoms with Crippen LogP contribution in [0.3, 0.4) is 0 Å². The number of fused-ring (bicyclic) bond motifs is 3. The molecular formula is C22H36ClFN4O4. The molecule has 0 radical (unpaired) electrons. The summed E-state index contributed by atoms with van der Waals surface area (Å²) >= 11 is 5.91. The molecule has 0 aromatic rings. The fourth-order valence-electron chi connectivity index (χ4n) is 5.79. The van der Waals surface area contributed by atoms with Crippen LogP contribution >= 0.6 is 11.6 Å². The molecule has 5 fully saturated rings. The predicted octanol–water partition coefficient (Wildman–Crippen LogP) is 0.500. The van der Waals surface area contributed by atoms with Crippen LogP contribution in [0, 0.1) is 0 Å². The standard InChI is InChI=1S/C22H36ClFN4O4/c1-13-10-25-11-17(26-13)20(31)28-22-6-4-21(5-7-22,9-18(22)29)27-19(30)12-32-14-2-3-15(23)16(24)8-14/h13-18,25-26,29H,2-12H2,1H3,(H,27,30)(H,28,31)/t13?,14?,15?,16?,17?,18-,21?,22?/m0/s1. The minimum atomic E-state index is -1.10. The molecule has 5 aliphatic rings. The number of carbonyl (C=O) groups excluding carboxylic acids is 2. The number of rotatable bonds is 6. The summed E-state index contributed by atoms with van der Waals surface area (Å²) in [7, 11) is 0. The Labute approximate surface area is 193 Å². The van der Waals surface area contributed by atoms with Gasteiger partial charge < -0.3 is 31.1 Å². The second kappa shape index (κ2) is 9.70. The second-order valence-corrected chi connectivity index (χ2v) is 10.8. The summed E-state index contributed by atoms with van der Waals surface area (Å²) in [6.07, 6.45) is 2.29. The summed E-state index contributed by atoms with van der Waals surface area (Å²) in [6, 6.07) is -0.103. The van der Waals surface area contributed by atoms with E-state index < -0.39 is 28.7 Å². The highest BCUT2D eigenvalue weighted by Crippen LogP contribution is 2.47. The summed E-state index contributed by atoms with van der Waals surface area (Å²) in [4.78, 5) is 25.4. The van der Waals surface area contributed by atoms with Crippen LogP contribution in [0.15, 0.2) is 0 Å². The number of hydrogen-bond donors (Lipinski definition) is 5. The van der Waals surface area contributed by atoms with Crippen LogP contribution < -0.4 is 21.3 Å². The molecule has 4 aliphatic carbocycles. The van der Waals surface area contributed by atoms with Gasteiger partial charge in [-0.3, -0.25) is 9.59 Å². The quantitative estimate of drug-likeness (QED) is 0.358. The smallest absolute Gasteiger partial charge is 0.246 e. The molecule has 1 heterocycles. The first-order valence-corrected chi connectivity index (χ1v) is 12.3. The van der Waals surface area contributed by atoms with Crippen molar-refractivity contribution >= 4 is 23.4 Å². The first-order chi connectivity index (χ1) is 15.2. The third kappa shape index (κ3) is 5.22. The maximum atomic E-state index is 13.8. The Balaban J connectivity index is 1.26. The molecule has 0 aromatic carbocycles. The van der Waals surface area contributed by atoms with Crippen molar-refractivity contribution in [2.45, 2.75) is 105 Å². The molecule has 8 nitrogen and oxygen atoms in total. The highest BCUT2D eigenvalue weighted by molar-refractivity contribution is 6.21. The van der Waals surface area contributed by atoms with Gasteiger partial charge >= 0.3 is 0 Å². The molecule has 0 aromatic heterocycles. The minimum Gasteiger partial charge on any atom is -0.391 e. The van der Waals surface area contributed by atoms with Crippen molar-refractivity contribution in [2.75, 3.05) is 19.7 Å². The number of piperazine rings is 1. The molecule has 10 heteroatoms. The highest BCUT2D eigenvalue weighted by Gasteiger charge is 2.55. The molecule has 0 spiro atoms. The average Bonchev–Trinajstić information content (AvgIpc) is 2.76. The Bertz CT molecular complexity index is 705. The van der Waals surface area contributed by atoms with E-state index in [1.54, 1.807) is 0 Å². The van der Waals surface area contributed by atoms with Crippen LogP contribution in [0.5, 0.6) is 0 Å². The molecule has 4 saturated carbocycles. The SMILES string of the molecule is CC1CNCC(C(=O)NC23CCC(NC(=O)COC4CCC(Cl)C(F)C4)(CC2)C[C@@H]3O)N1. The Hall–Kier alpha value is -1.00. The molecule has 5 rings (SSSR count). The lowest BCUT2D eigenvalue weighted by molar-refractivity contribution is -0.139. The van der Waals surface area contributed by atoms with Crippen molar-refractivity contribution in [3.8, 4) is 0 Å². The average molecular weight is 475 g/mol. The van der Waals surface area contributed by atoms with E-state index in [2.05, 4.69) is 21.3 Å². The van der Waals surface area contributed by atoms with E-state index in [0.29, 0.717) is 51.5 Å². The molecule has 2 bridgehead atoms. The van der Waals surface area contributed by atoms with Crippen molar-refractivity contribution < 1.29 is 23.8 Å². The monoisotopic (exact) mass is 474 g/mol. The van der Waals surface area contributed by atoms with Crippen molar-refractivity contribution in [1.29, 1.82) is 0 Å². The fraction of sp³-hybridized carbons (Fsp3) is 0.909. The summed E-state index contributed by atoms with van der Waals surface area (Å²) in [5.41, 5.74) is -1.12. The van der Waals surface area contributed by atoms with Crippen LogP contribution in [-0.2, 0) is 14.3 Å². The normalized spacial score (nSPS) is 44.1. The zero-order valence-electron chi connectivity index (χ0n) is 18.7. The minimum absolute atomic E-state index is 0.0900. The van der Waals surface area contributed by atoms with E-state index in [4.69, 9.17) is 16.3 Å². The Kier molecular flexibility index (Phi) is 7.32. The maximum absolute atomic E-state index is 13.8. The maximum Gasteiger partial charge on any atom is 0.246 e. The number of ether oxygens (including phenoxy) is 1. The zero-order chi connectivity index (χ0) is 22.9. The van der Waals surface area contributed by atoms with Crippen LogP contribution in [0.2, 0.25) is 0 Å². The summed E-state index contributed by atoms with van der Waals surface area (Å²) in [6.45, 7) is 3.30. The largest absolute Gasteiger partial charge is 0.391 e. The van der Waals surface area contributed by atoms with Crippen molar-refractivity contribution in [1.82, 2.24) is 21.3 Å². The molecular weight excluding hydrogens is 439 g/mol. The van der Waals surface area contributed by atoms with Crippen molar-refractivity contribution in [3.05, 3.63) is 0 Å². The van der Waals surface area contributed by atoms with Gasteiger partial charge in [-0.15, -0.1) is 11.6 Å². The van der Waals surface area contributed by atoms with Crippen LogP contribution in [0.4, 0.5) is 4.39 Å². The summed E-state index contributed by atoms with van der Waals surface area (Å²) in [5.74, 6) is -0.335. The van der Waals surface area contributed by atoms with Gasteiger partial charge in [0.25, 0.3) is 0 Å². The van der Waals surface area contributed by atoms with E-state index in [9.17, 15) is 19.1 Å². The van der Waals surface area contributed by atoms with Crippen LogP contribution in [-0.4, -0.2) is 83.5 Å². The first kappa shape index (κ1) is 24.1. The Morgan fingerprint density at radius 3 is 2.59 bits per heavy atom. The number of nitrogens with one attached hydrogen (secondary N) is 4. The van der Waals surface area contributed by atoms with Crippen molar-refractivity contribution in [2.24, 2.45) is 0 Å². The number of aliphatic hydroxyl groups is 1. The van der Waals surface area contributed by atoms with E-state index in [1.165, 1.54) is 0 Å². The third-order valence-corrected chi connectivity index (χ3v) is 8.29. The van der Waals surface area contributed by atoms with E-state index in [-0.39, 0.29) is 43.0 Å². The number of hydrogen-bond acceptors (Lipinski definition) is 6. The lowest BCUT2D eigenvalue weighted by Crippen LogP contribution is -2.72. The van der Waals surface area contributed by atoms with Gasteiger partial charge in [-0.2, -0.15) is 0 Å². The summed E-state index contributed by atoms with van der Waals surface area (Å²) in [5, 5.41) is 23.2. The van der Waals surface area contributed by atoms with Gasteiger partial charge in [0, 0.05) is 31.1 Å². The number of halogens is 2. The molecule has 182 valence electrons. The number of amides is 2. The van der Waals surface area contributed by atoms with Crippen LogP contribution in [0.1, 0.15) is 58.3 Å². The molecule has 5 unspecified atom stereocenters.